The number of aliphatic hydroxyl groups excluding tert-OH is 1. The van der Waals surface area contributed by atoms with Crippen molar-refractivity contribution in [1.29, 1.82) is 0 Å². The Morgan fingerprint density at radius 2 is 1.75 bits per heavy atom. The maximum atomic E-state index is 11.7. The second-order valence-corrected chi connectivity index (χ2v) is 10.2. The van der Waals surface area contributed by atoms with Crippen LogP contribution in [0.1, 0.15) is 6.92 Å². The van der Waals surface area contributed by atoms with Gasteiger partial charge in [-0.2, -0.15) is 0 Å². The molecule has 9 heteroatoms. The smallest absolute Gasteiger partial charge is 0.175 e. The summed E-state index contributed by atoms with van der Waals surface area (Å²) < 4.78 is 35.2. The lowest BCUT2D eigenvalue weighted by Gasteiger charge is -2.15. The van der Waals surface area contributed by atoms with Crippen molar-refractivity contribution < 1.29 is 23.0 Å². The number of hydrogen-bond donors (Lipinski definition) is 2. The van der Waals surface area contributed by atoms with Gasteiger partial charge in [-0.3, -0.25) is 0 Å². The van der Waals surface area contributed by atoms with Gasteiger partial charge in [-0.1, -0.05) is 0 Å². The molecule has 32 heavy (non-hydrogen) atoms. The van der Waals surface area contributed by atoms with Gasteiger partial charge < -0.3 is 19.6 Å². The number of H-pyrrole nitrogens is 1. The van der Waals surface area contributed by atoms with Crippen LogP contribution in [-0.2, 0) is 9.84 Å². The quantitative estimate of drug-likeness (QED) is 0.385. The van der Waals surface area contributed by atoms with Crippen molar-refractivity contribution >= 4 is 21.2 Å². The lowest BCUT2D eigenvalue weighted by Crippen LogP contribution is -2.16. The standard InChI is InChI=1S/C23H22N2O5S2/c1-15(14-26)29-18-11-16(21-7-8-22(25-21)23-24-9-10-31-23)12-19(13-18)30-17-3-5-20(6-4-17)32(2,27)28/h3-13,15,25-26H,14H2,1-2H3/t15-/m0/s1. The average Bonchev–Trinajstić information content (AvgIpc) is 3.45. The molecule has 2 N–H and O–H groups in total. The SMILES string of the molecule is C[C@@H](CO)Oc1cc(Oc2ccc(S(C)(=O)=O)cc2)cc(-c2ccc(-c3nccs3)[nH]2)c1. The van der Waals surface area contributed by atoms with E-state index in [0.717, 1.165) is 28.2 Å². The molecular formula is C23H22N2O5S2. The molecule has 0 radical (unpaired) electrons. The predicted octanol–water partition coefficient (Wildman–Crippen LogP) is 4.76. The van der Waals surface area contributed by atoms with Crippen molar-refractivity contribution in [3.63, 3.8) is 0 Å². The van der Waals surface area contributed by atoms with Crippen LogP contribution in [0.4, 0.5) is 0 Å². The van der Waals surface area contributed by atoms with Crippen molar-refractivity contribution in [3.8, 4) is 39.2 Å². The molecule has 0 spiro atoms. The first-order chi connectivity index (χ1) is 15.3. The van der Waals surface area contributed by atoms with Gasteiger partial charge in [0.2, 0.25) is 0 Å². The molecule has 0 fully saturated rings. The van der Waals surface area contributed by atoms with Gasteiger partial charge in [0.05, 0.1) is 17.2 Å². The minimum Gasteiger partial charge on any atom is -0.488 e. The van der Waals surface area contributed by atoms with E-state index < -0.39 is 9.84 Å². The van der Waals surface area contributed by atoms with Crippen LogP contribution in [-0.4, -0.2) is 42.5 Å². The number of aromatic amines is 1. The highest BCUT2D eigenvalue weighted by Gasteiger charge is 2.12. The van der Waals surface area contributed by atoms with E-state index in [9.17, 15) is 13.5 Å². The Balaban J connectivity index is 1.66. The van der Waals surface area contributed by atoms with E-state index in [4.69, 9.17) is 9.47 Å². The van der Waals surface area contributed by atoms with Gasteiger partial charge in [0.25, 0.3) is 0 Å². The maximum absolute atomic E-state index is 11.7. The summed E-state index contributed by atoms with van der Waals surface area (Å²) in [5.74, 6) is 1.54. The van der Waals surface area contributed by atoms with E-state index >= 15 is 0 Å². The molecule has 4 aromatic rings. The summed E-state index contributed by atoms with van der Waals surface area (Å²) in [6.45, 7) is 1.65. The lowest BCUT2D eigenvalue weighted by molar-refractivity contribution is 0.129. The fourth-order valence-corrected chi connectivity index (χ4v) is 4.31. The van der Waals surface area contributed by atoms with Gasteiger partial charge in [0, 0.05) is 35.2 Å². The Hall–Kier alpha value is -3.14. The molecule has 0 unspecified atom stereocenters. The summed E-state index contributed by atoms with van der Waals surface area (Å²) in [6, 6.07) is 15.6. The molecule has 0 aliphatic carbocycles. The van der Waals surface area contributed by atoms with Gasteiger partial charge in [0.15, 0.2) is 9.84 Å². The lowest BCUT2D eigenvalue weighted by atomic mass is 10.1. The van der Waals surface area contributed by atoms with Gasteiger partial charge in [0.1, 0.15) is 28.4 Å². The second kappa shape index (κ2) is 9.15. The molecule has 7 nitrogen and oxygen atoms in total. The molecule has 2 aromatic carbocycles. The Morgan fingerprint density at radius 3 is 2.41 bits per heavy atom. The number of rotatable bonds is 8. The fraction of sp³-hybridized carbons (Fsp3) is 0.174. The van der Waals surface area contributed by atoms with E-state index in [0.29, 0.717) is 17.2 Å². The molecule has 2 heterocycles. The second-order valence-electron chi connectivity index (χ2n) is 7.27. The molecule has 166 valence electrons. The number of benzene rings is 2. The van der Waals surface area contributed by atoms with Crippen LogP contribution < -0.4 is 9.47 Å². The van der Waals surface area contributed by atoms with Crippen molar-refractivity contribution in [2.24, 2.45) is 0 Å². The van der Waals surface area contributed by atoms with E-state index in [2.05, 4.69) is 9.97 Å². The van der Waals surface area contributed by atoms with Crippen molar-refractivity contribution in [2.75, 3.05) is 12.9 Å². The number of sulfone groups is 1. The highest BCUT2D eigenvalue weighted by atomic mass is 32.2. The summed E-state index contributed by atoms with van der Waals surface area (Å²) in [6.07, 6.45) is 2.53. The fourth-order valence-electron chi connectivity index (χ4n) is 3.06. The maximum Gasteiger partial charge on any atom is 0.175 e. The van der Waals surface area contributed by atoms with Crippen LogP contribution in [0.3, 0.4) is 0 Å². The minimum atomic E-state index is -3.28. The molecule has 0 aliphatic heterocycles. The van der Waals surface area contributed by atoms with Crippen LogP contribution in [0.5, 0.6) is 17.2 Å². The molecular weight excluding hydrogens is 448 g/mol. The third-order valence-corrected chi connectivity index (χ3v) is 6.56. The third-order valence-electron chi connectivity index (χ3n) is 4.62. The van der Waals surface area contributed by atoms with Gasteiger partial charge in [-0.05, 0) is 55.5 Å². The van der Waals surface area contributed by atoms with E-state index in [1.165, 1.54) is 12.1 Å². The third kappa shape index (κ3) is 5.18. The first-order valence-electron chi connectivity index (χ1n) is 9.81. The van der Waals surface area contributed by atoms with Gasteiger partial charge >= 0.3 is 0 Å². The topological polar surface area (TPSA) is 102 Å². The number of aromatic nitrogens is 2. The predicted molar refractivity (Wildman–Crippen MR) is 124 cm³/mol. The van der Waals surface area contributed by atoms with Crippen LogP contribution in [0.2, 0.25) is 0 Å². The number of ether oxygens (including phenoxy) is 2. The van der Waals surface area contributed by atoms with Crippen molar-refractivity contribution in [2.45, 2.75) is 17.9 Å². The number of hydrogen-bond acceptors (Lipinski definition) is 7. The largest absolute Gasteiger partial charge is 0.488 e. The molecule has 4 rings (SSSR count). The average molecular weight is 471 g/mol. The van der Waals surface area contributed by atoms with Gasteiger partial charge in [-0.15, -0.1) is 11.3 Å². The molecule has 0 saturated carbocycles. The van der Waals surface area contributed by atoms with Gasteiger partial charge in [-0.25, -0.2) is 13.4 Å². The highest BCUT2D eigenvalue weighted by Crippen LogP contribution is 2.34. The zero-order chi connectivity index (χ0) is 22.7. The monoisotopic (exact) mass is 470 g/mol. The number of thiazole rings is 1. The Labute approximate surface area is 190 Å². The summed E-state index contributed by atoms with van der Waals surface area (Å²) in [5.41, 5.74) is 2.59. The number of nitrogens with one attached hydrogen (secondary N) is 1. The Morgan fingerprint density at radius 1 is 1.03 bits per heavy atom. The van der Waals surface area contributed by atoms with E-state index in [-0.39, 0.29) is 17.6 Å². The minimum absolute atomic E-state index is 0.121. The summed E-state index contributed by atoms with van der Waals surface area (Å²) in [5, 5.41) is 12.2. The van der Waals surface area contributed by atoms with E-state index in [1.807, 2.05) is 29.6 Å². The normalized spacial score (nSPS) is 12.5. The van der Waals surface area contributed by atoms with Crippen LogP contribution in [0, 0.1) is 0 Å². The molecule has 0 saturated heterocycles. The Kier molecular flexibility index (Phi) is 6.31. The Bertz CT molecular complexity index is 1300. The zero-order valence-electron chi connectivity index (χ0n) is 17.5. The van der Waals surface area contributed by atoms with Crippen LogP contribution >= 0.6 is 11.3 Å². The molecule has 0 amide bonds. The zero-order valence-corrected chi connectivity index (χ0v) is 19.1. The molecule has 0 bridgehead atoms. The summed E-state index contributed by atoms with van der Waals surface area (Å²) >= 11 is 1.54. The molecule has 2 aromatic heterocycles. The van der Waals surface area contributed by atoms with E-state index in [1.54, 1.807) is 42.7 Å². The first kappa shape index (κ1) is 22.1. The molecule has 0 aliphatic rings. The van der Waals surface area contributed by atoms with Crippen LogP contribution in [0.15, 0.2) is 71.1 Å². The summed E-state index contributed by atoms with van der Waals surface area (Å²) in [7, 11) is -3.28. The van der Waals surface area contributed by atoms with Crippen LogP contribution in [0.25, 0.3) is 22.0 Å². The number of nitrogens with zero attached hydrogens (tertiary/aromatic N) is 1. The number of aliphatic hydroxyl groups is 1. The van der Waals surface area contributed by atoms with Crippen molar-refractivity contribution in [3.05, 3.63) is 66.2 Å². The highest BCUT2D eigenvalue weighted by molar-refractivity contribution is 7.90. The first-order valence-corrected chi connectivity index (χ1v) is 12.6. The molecule has 1 atom stereocenters. The van der Waals surface area contributed by atoms with Crippen molar-refractivity contribution in [1.82, 2.24) is 9.97 Å². The summed E-state index contributed by atoms with van der Waals surface area (Å²) in [4.78, 5) is 7.91.